The summed E-state index contributed by atoms with van der Waals surface area (Å²) in [4.78, 5) is 11.1. The molecule has 0 aromatic carbocycles. The number of rotatable bonds is 4. The maximum absolute atomic E-state index is 8.90. The van der Waals surface area contributed by atoms with Crippen molar-refractivity contribution >= 4 is 0 Å². The van der Waals surface area contributed by atoms with Crippen LogP contribution in [0.3, 0.4) is 0 Å². The van der Waals surface area contributed by atoms with Crippen LogP contribution in [0.2, 0.25) is 0 Å². The Hall–Kier alpha value is -1.23. The molecule has 0 spiro atoms. The molecule has 0 aliphatic heterocycles. The Kier molecular flexibility index (Phi) is 3.40. The van der Waals surface area contributed by atoms with E-state index in [0.717, 1.165) is 0 Å². The third kappa shape index (κ3) is 3.25. The van der Waals surface area contributed by atoms with Gasteiger partial charge in [0.2, 0.25) is 0 Å². The zero-order chi connectivity index (χ0) is 8.81. The smallest absolute Gasteiger partial charge is 0.319 e. The Bertz CT molecular complexity index is 215. The van der Waals surface area contributed by atoms with E-state index in [1.54, 1.807) is 6.92 Å². The van der Waals surface area contributed by atoms with Crippen LogP contribution in [0.1, 0.15) is 13.3 Å². The van der Waals surface area contributed by atoms with E-state index < -0.39 is 0 Å². The number of aliphatic hydroxyl groups excluding tert-OH is 1. The van der Waals surface area contributed by atoms with Crippen LogP contribution >= 0.6 is 0 Å². The minimum atomic E-state index is -0.355. The molecule has 5 nitrogen and oxygen atoms in total. The lowest BCUT2D eigenvalue weighted by molar-refractivity contribution is 0.152. The summed E-state index contributed by atoms with van der Waals surface area (Å²) in [5.41, 5.74) is 0. The van der Waals surface area contributed by atoms with Gasteiger partial charge in [-0.05, 0) is 6.92 Å². The Labute approximate surface area is 70.5 Å². The van der Waals surface area contributed by atoms with E-state index in [0.29, 0.717) is 19.0 Å². The number of hydrogen-bond donors (Lipinski definition) is 1. The molecule has 1 aromatic rings. The normalized spacial score (nSPS) is 12.5. The van der Waals surface area contributed by atoms with Gasteiger partial charge in [0.25, 0.3) is 0 Å². The van der Waals surface area contributed by atoms with Crippen LogP contribution in [0, 0.1) is 0 Å². The van der Waals surface area contributed by atoms with Gasteiger partial charge in [0.15, 0.2) is 0 Å². The quantitative estimate of drug-likeness (QED) is 0.688. The average molecular weight is 169 g/mol. The molecule has 12 heavy (non-hydrogen) atoms. The van der Waals surface area contributed by atoms with Crippen molar-refractivity contribution in [3.63, 3.8) is 0 Å². The maximum Gasteiger partial charge on any atom is 0.319 e. The van der Waals surface area contributed by atoms with Crippen molar-refractivity contribution in [1.82, 2.24) is 15.0 Å². The summed E-state index contributed by atoms with van der Waals surface area (Å²) in [7, 11) is 0. The summed E-state index contributed by atoms with van der Waals surface area (Å²) in [5.74, 6) is 0. The van der Waals surface area contributed by atoms with Crippen molar-refractivity contribution in [1.29, 1.82) is 0 Å². The predicted octanol–water partition coefficient (Wildman–Crippen LogP) is 0.0213. The van der Waals surface area contributed by atoms with Crippen molar-refractivity contribution < 1.29 is 9.84 Å². The topological polar surface area (TPSA) is 68.1 Å². The monoisotopic (exact) mass is 169 g/mol. The van der Waals surface area contributed by atoms with E-state index in [2.05, 4.69) is 15.0 Å². The molecule has 0 fully saturated rings. The van der Waals surface area contributed by atoms with E-state index >= 15 is 0 Å². The van der Waals surface area contributed by atoms with Crippen LogP contribution in [0.4, 0.5) is 0 Å². The molecule has 1 rings (SSSR count). The first-order chi connectivity index (χ1) is 5.79. The van der Waals surface area contributed by atoms with Crippen LogP contribution < -0.4 is 4.74 Å². The fraction of sp³-hybridized carbons (Fsp3) is 0.571. The lowest BCUT2D eigenvalue weighted by atomic mass is 10.3. The summed E-state index contributed by atoms with van der Waals surface area (Å²) in [6, 6.07) is 0.297. The summed E-state index contributed by atoms with van der Waals surface area (Å²) in [6.45, 7) is 2.12. The zero-order valence-electron chi connectivity index (χ0n) is 6.84. The standard InChI is InChI=1S/C7H11N3O2/c1-6(11)2-3-12-7-9-4-8-5-10-7/h4-6,11H,2-3H2,1H3. The number of ether oxygens (including phenoxy) is 1. The Balaban J connectivity index is 2.25. The Morgan fingerprint density at radius 2 is 2.17 bits per heavy atom. The van der Waals surface area contributed by atoms with E-state index in [1.165, 1.54) is 12.7 Å². The van der Waals surface area contributed by atoms with E-state index in [-0.39, 0.29) is 6.10 Å². The van der Waals surface area contributed by atoms with E-state index in [1.807, 2.05) is 0 Å². The second kappa shape index (κ2) is 4.61. The third-order valence-electron chi connectivity index (χ3n) is 1.24. The van der Waals surface area contributed by atoms with Gasteiger partial charge < -0.3 is 9.84 Å². The largest absolute Gasteiger partial charge is 0.463 e. The van der Waals surface area contributed by atoms with Gasteiger partial charge in [-0.1, -0.05) is 0 Å². The highest BCUT2D eigenvalue weighted by atomic mass is 16.5. The molecule has 0 radical (unpaired) electrons. The molecule has 0 bridgehead atoms. The second-order valence-electron chi connectivity index (χ2n) is 2.41. The van der Waals surface area contributed by atoms with Gasteiger partial charge >= 0.3 is 6.01 Å². The molecule has 0 aliphatic rings. The SMILES string of the molecule is CC(O)CCOc1ncncn1. The maximum atomic E-state index is 8.90. The number of aromatic nitrogens is 3. The van der Waals surface area contributed by atoms with Crippen LogP contribution in [-0.2, 0) is 0 Å². The number of aliphatic hydroxyl groups is 1. The van der Waals surface area contributed by atoms with E-state index in [4.69, 9.17) is 9.84 Å². The van der Waals surface area contributed by atoms with Gasteiger partial charge in [-0.2, -0.15) is 9.97 Å². The first-order valence-electron chi connectivity index (χ1n) is 3.72. The first-order valence-corrected chi connectivity index (χ1v) is 3.72. The van der Waals surface area contributed by atoms with Gasteiger partial charge in [-0.15, -0.1) is 0 Å². The van der Waals surface area contributed by atoms with Gasteiger partial charge in [-0.3, -0.25) is 0 Å². The molecule has 66 valence electrons. The first kappa shape index (κ1) is 8.86. The van der Waals surface area contributed by atoms with Gasteiger partial charge in [0.1, 0.15) is 12.7 Å². The van der Waals surface area contributed by atoms with Crippen LogP contribution in [0.15, 0.2) is 12.7 Å². The van der Waals surface area contributed by atoms with Crippen molar-refractivity contribution in [3.8, 4) is 6.01 Å². The van der Waals surface area contributed by atoms with Crippen molar-refractivity contribution in [2.45, 2.75) is 19.4 Å². The van der Waals surface area contributed by atoms with Gasteiger partial charge in [0, 0.05) is 6.42 Å². The summed E-state index contributed by atoms with van der Waals surface area (Å²) in [6.07, 6.45) is 2.95. The highest BCUT2D eigenvalue weighted by molar-refractivity contribution is 4.86. The van der Waals surface area contributed by atoms with Crippen LogP contribution in [-0.4, -0.2) is 32.8 Å². The van der Waals surface area contributed by atoms with Crippen LogP contribution in [0.5, 0.6) is 6.01 Å². The van der Waals surface area contributed by atoms with Crippen molar-refractivity contribution in [2.24, 2.45) is 0 Å². The molecule has 1 N–H and O–H groups in total. The van der Waals surface area contributed by atoms with Crippen molar-refractivity contribution in [3.05, 3.63) is 12.7 Å². The zero-order valence-corrected chi connectivity index (χ0v) is 6.84. The van der Waals surface area contributed by atoms with Gasteiger partial charge in [0.05, 0.1) is 12.7 Å². The minimum Gasteiger partial charge on any atom is -0.463 e. The van der Waals surface area contributed by atoms with Gasteiger partial charge in [-0.25, -0.2) is 4.98 Å². The summed E-state index contributed by atoms with van der Waals surface area (Å²) < 4.78 is 5.09. The fourth-order valence-corrected chi connectivity index (χ4v) is 0.624. The Morgan fingerprint density at radius 1 is 1.50 bits per heavy atom. The predicted molar refractivity (Wildman–Crippen MR) is 41.6 cm³/mol. The van der Waals surface area contributed by atoms with E-state index in [9.17, 15) is 0 Å². The minimum absolute atomic E-state index is 0.297. The molecule has 0 amide bonds. The second-order valence-corrected chi connectivity index (χ2v) is 2.41. The molecule has 1 heterocycles. The molecule has 0 saturated carbocycles. The average Bonchev–Trinajstić information content (AvgIpc) is 2.05. The number of hydrogen-bond acceptors (Lipinski definition) is 5. The fourth-order valence-electron chi connectivity index (χ4n) is 0.624. The lowest BCUT2D eigenvalue weighted by Crippen LogP contribution is -2.08. The van der Waals surface area contributed by atoms with Crippen molar-refractivity contribution in [2.75, 3.05) is 6.61 Å². The highest BCUT2D eigenvalue weighted by Crippen LogP contribution is 1.97. The summed E-state index contributed by atoms with van der Waals surface area (Å²) >= 11 is 0. The number of nitrogens with zero attached hydrogens (tertiary/aromatic N) is 3. The molecule has 1 aromatic heterocycles. The molecular formula is C7H11N3O2. The highest BCUT2D eigenvalue weighted by Gasteiger charge is 1.97. The molecule has 5 heteroatoms. The van der Waals surface area contributed by atoms with Crippen LogP contribution in [0.25, 0.3) is 0 Å². The lowest BCUT2D eigenvalue weighted by Gasteiger charge is -2.04. The molecule has 0 saturated heterocycles. The molecular weight excluding hydrogens is 158 g/mol. The third-order valence-corrected chi connectivity index (χ3v) is 1.24. The Morgan fingerprint density at radius 3 is 2.75 bits per heavy atom. The molecule has 0 aliphatic carbocycles. The molecule has 1 unspecified atom stereocenters. The molecule has 1 atom stereocenters. The summed E-state index contributed by atoms with van der Waals surface area (Å²) in [5, 5.41) is 8.90.